The Labute approximate surface area is 146 Å². The summed E-state index contributed by atoms with van der Waals surface area (Å²) in [5.41, 5.74) is 1.41. The lowest BCUT2D eigenvalue weighted by Crippen LogP contribution is -2.53. The molecular weight excluding hydrogens is 321 g/mol. The molecule has 0 unspecified atom stereocenters. The van der Waals surface area contributed by atoms with Crippen molar-refractivity contribution in [1.29, 1.82) is 0 Å². The van der Waals surface area contributed by atoms with E-state index in [0.29, 0.717) is 31.9 Å². The Bertz CT molecular complexity index is 744. The molecular formula is C18H22FN5O. The number of anilines is 1. The Morgan fingerprint density at radius 1 is 1.16 bits per heavy atom. The van der Waals surface area contributed by atoms with Crippen molar-refractivity contribution < 1.29 is 9.18 Å². The molecule has 1 N–H and O–H groups in total. The molecule has 0 aliphatic carbocycles. The van der Waals surface area contributed by atoms with Gasteiger partial charge in [-0.2, -0.15) is 0 Å². The number of aromatic nitrogens is 2. The molecule has 1 aromatic heterocycles. The van der Waals surface area contributed by atoms with Gasteiger partial charge in [-0.05, 0) is 26.0 Å². The number of nitrogens with zero attached hydrogens (tertiary/aromatic N) is 4. The van der Waals surface area contributed by atoms with Crippen LogP contribution in [-0.4, -0.2) is 53.1 Å². The van der Waals surface area contributed by atoms with Crippen LogP contribution in [0.2, 0.25) is 0 Å². The fourth-order valence-electron chi connectivity index (χ4n) is 2.80. The molecule has 0 bridgehead atoms. The number of halogens is 1. The average molecular weight is 343 g/mol. The summed E-state index contributed by atoms with van der Waals surface area (Å²) in [7, 11) is 0. The lowest BCUT2D eigenvalue weighted by atomic mass is 10.1. The molecule has 0 atom stereocenters. The third-order valence-corrected chi connectivity index (χ3v) is 4.08. The SMILES string of the molecule is CC(C)NC(=O)N1CCN(c2cc(-c3cccc(F)c3)ncn2)CC1. The normalized spacial score (nSPS) is 14.7. The second-order valence-electron chi connectivity index (χ2n) is 6.35. The Kier molecular flexibility index (Phi) is 5.11. The predicted octanol–water partition coefficient (Wildman–Crippen LogP) is 2.52. The largest absolute Gasteiger partial charge is 0.353 e. The summed E-state index contributed by atoms with van der Waals surface area (Å²) >= 11 is 0. The Morgan fingerprint density at radius 3 is 2.60 bits per heavy atom. The van der Waals surface area contributed by atoms with E-state index in [1.165, 1.54) is 18.5 Å². The molecule has 7 heteroatoms. The van der Waals surface area contributed by atoms with Gasteiger partial charge in [0.2, 0.25) is 0 Å². The summed E-state index contributed by atoms with van der Waals surface area (Å²) in [4.78, 5) is 24.6. The van der Waals surface area contributed by atoms with Crippen LogP contribution >= 0.6 is 0 Å². The fraction of sp³-hybridized carbons (Fsp3) is 0.389. The maximum Gasteiger partial charge on any atom is 0.317 e. The summed E-state index contributed by atoms with van der Waals surface area (Å²) in [6.07, 6.45) is 1.49. The topological polar surface area (TPSA) is 61.4 Å². The lowest BCUT2D eigenvalue weighted by Gasteiger charge is -2.35. The first-order chi connectivity index (χ1) is 12.0. The number of amides is 2. The molecule has 1 aromatic carbocycles. The van der Waals surface area contributed by atoms with Crippen LogP contribution < -0.4 is 10.2 Å². The smallest absolute Gasteiger partial charge is 0.317 e. The summed E-state index contributed by atoms with van der Waals surface area (Å²) in [5, 5.41) is 2.91. The highest BCUT2D eigenvalue weighted by molar-refractivity contribution is 5.74. The number of urea groups is 1. The van der Waals surface area contributed by atoms with Gasteiger partial charge in [-0.15, -0.1) is 0 Å². The molecule has 3 rings (SSSR count). The van der Waals surface area contributed by atoms with E-state index in [1.807, 2.05) is 30.9 Å². The Morgan fingerprint density at radius 2 is 1.92 bits per heavy atom. The van der Waals surface area contributed by atoms with E-state index < -0.39 is 0 Å². The molecule has 1 aliphatic rings. The first-order valence-electron chi connectivity index (χ1n) is 8.41. The van der Waals surface area contributed by atoms with Crippen LogP contribution in [0.15, 0.2) is 36.7 Å². The zero-order valence-electron chi connectivity index (χ0n) is 14.4. The van der Waals surface area contributed by atoms with Crippen LogP contribution in [0.3, 0.4) is 0 Å². The number of hydrogen-bond acceptors (Lipinski definition) is 4. The molecule has 0 spiro atoms. The number of carbonyl (C=O) groups excluding carboxylic acids is 1. The Balaban J connectivity index is 1.68. The van der Waals surface area contributed by atoms with Crippen molar-refractivity contribution in [3.63, 3.8) is 0 Å². The van der Waals surface area contributed by atoms with Crippen molar-refractivity contribution in [2.75, 3.05) is 31.1 Å². The quantitative estimate of drug-likeness (QED) is 0.930. The molecule has 2 aromatic rings. The first-order valence-corrected chi connectivity index (χ1v) is 8.41. The number of piperazine rings is 1. The maximum atomic E-state index is 13.4. The minimum Gasteiger partial charge on any atom is -0.353 e. The van der Waals surface area contributed by atoms with Crippen LogP contribution in [0.5, 0.6) is 0 Å². The van der Waals surface area contributed by atoms with Crippen molar-refractivity contribution in [2.24, 2.45) is 0 Å². The number of carbonyl (C=O) groups is 1. The highest BCUT2D eigenvalue weighted by Crippen LogP contribution is 2.22. The van der Waals surface area contributed by atoms with Gasteiger partial charge in [0.05, 0.1) is 5.69 Å². The molecule has 132 valence electrons. The molecule has 25 heavy (non-hydrogen) atoms. The highest BCUT2D eigenvalue weighted by atomic mass is 19.1. The Hall–Kier alpha value is -2.70. The van der Waals surface area contributed by atoms with E-state index in [2.05, 4.69) is 20.2 Å². The van der Waals surface area contributed by atoms with Crippen molar-refractivity contribution in [2.45, 2.75) is 19.9 Å². The summed E-state index contributed by atoms with van der Waals surface area (Å²) in [5.74, 6) is 0.501. The molecule has 0 saturated carbocycles. The van der Waals surface area contributed by atoms with Crippen LogP contribution in [0.25, 0.3) is 11.3 Å². The van der Waals surface area contributed by atoms with Crippen LogP contribution in [0.1, 0.15) is 13.8 Å². The zero-order chi connectivity index (χ0) is 17.8. The number of nitrogens with one attached hydrogen (secondary N) is 1. The van der Waals surface area contributed by atoms with Gasteiger partial charge in [-0.1, -0.05) is 12.1 Å². The summed E-state index contributed by atoms with van der Waals surface area (Å²) in [6.45, 7) is 6.57. The van der Waals surface area contributed by atoms with E-state index in [0.717, 1.165) is 11.4 Å². The zero-order valence-corrected chi connectivity index (χ0v) is 14.4. The van der Waals surface area contributed by atoms with Gasteiger partial charge in [-0.25, -0.2) is 19.2 Å². The monoisotopic (exact) mass is 343 g/mol. The minimum atomic E-state index is -0.289. The summed E-state index contributed by atoms with van der Waals surface area (Å²) in [6, 6.07) is 8.31. The van der Waals surface area contributed by atoms with E-state index in [9.17, 15) is 9.18 Å². The van der Waals surface area contributed by atoms with Crippen molar-refractivity contribution in [1.82, 2.24) is 20.2 Å². The highest BCUT2D eigenvalue weighted by Gasteiger charge is 2.22. The van der Waals surface area contributed by atoms with E-state index in [4.69, 9.17) is 0 Å². The van der Waals surface area contributed by atoms with Crippen LogP contribution in [0.4, 0.5) is 15.0 Å². The van der Waals surface area contributed by atoms with E-state index in [1.54, 1.807) is 6.07 Å². The van der Waals surface area contributed by atoms with E-state index in [-0.39, 0.29) is 17.9 Å². The number of hydrogen-bond donors (Lipinski definition) is 1. The molecule has 6 nitrogen and oxygen atoms in total. The third kappa shape index (κ3) is 4.23. The van der Waals surface area contributed by atoms with Crippen LogP contribution in [-0.2, 0) is 0 Å². The van der Waals surface area contributed by atoms with Gasteiger partial charge < -0.3 is 15.1 Å². The van der Waals surface area contributed by atoms with Gasteiger partial charge in [-0.3, -0.25) is 0 Å². The molecule has 0 radical (unpaired) electrons. The molecule has 2 amide bonds. The molecule has 1 fully saturated rings. The first kappa shape index (κ1) is 17.1. The van der Waals surface area contributed by atoms with Gasteiger partial charge in [0.25, 0.3) is 0 Å². The third-order valence-electron chi connectivity index (χ3n) is 4.08. The van der Waals surface area contributed by atoms with Crippen molar-refractivity contribution in [3.05, 3.63) is 42.5 Å². The second-order valence-corrected chi connectivity index (χ2v) is 6.35. The van der Waals surface area contributed by atoms with Gasteiger partial charge in [0, 0.05) is 43.9 Å². The second kappa shape index (κ2) is 7.46. The molecule has 1 saturated heterocycles. The average Bonchev–Trinajstić information content (AvgIpc) is 2.61. The summed E-state index contributed by atoms with van der Waals surface area (Å²) < 4.78 is 13.4. The number of benzene rings is 1. The maximum absolute atomic E-state index is 13.4. The molecule has 1 aliphatic heterocycles. The van der Waals surface area contributed by atoms with Crippen molar-refractivity contribution >= 4 is 11.8 Å². The lowest BCUT2D eigenvalue weighted by molar-refractivity contribution is 0.191. The molecule has 2 heterocycles. The van der Waals surface area contributed by atoms with Gasteiger partial charge >= 0.3 is 6.03 Å². The number of rotatable bonds is 3. The van der Waals surface area contributed by atoms with E-state index >= 15 is 0 Å². The van der Waals surface area contributed by atoms with Gasteiger partial charge in [0.1, 0.15) is 18.0 Å². The van der Waals surface area contributed by atoms with Gasteiger partial charge in [0.15, 0.2) is 0 Å². The standard InChI is InChI=1S/C18H22FN5O/c1-13(2)22-18(25)24-8-6-23(7-9-24)17-11-16(20-12-21-17)14-4-3-5-15(19)10-14/h3-5,10-13H,6-9H2,1-2H3,(H,22,25). The fourth-order valence-corrected chi connectivity index (χ4v) is 2.80. The van der Waals surface area contributed by atoms with Crippen LogP contribution in [0, 0.1) is 5.82 Å². The van der Waals surface area contributed by atoms with Crippen molar-refractivity contribution in [3.8, 4) is 11.3 Å². The minimum absolute atomic E-state index is 0.0298. The predicted molar refractivity (Wildman–Crippen MR) is 94.9 cm³/mol.